The van der Waals surface area contributed by atoms with Gasteiger partial charge in [0, 0.05) is 6.42 Å². The average Bonchev–Trinajstić information content (AvgIpc) is 2.03. The molecular formula is C10H18OS. The maximum Gasteiger partial charge on any atom is 0.0959 e. The van der Waals surface area contributed by atoms with Gasteiger partial charge >= 0.3 is 0 Å². The van der Waals surface area contributed by atoms with Crippen LogP contribution >= 0.6 is 10.0 Å². The molecule has 0 amide bonds. The highest BCUT2D eigenvalue weighted by Gasteiger charge is 2.14. The molecule has 0 fully saturated rings. The molecule has 1 rings (SSSR count). The molecule has 1 nitrogen and oxygen atoms in total. The first-order chi connectivity index (χ1) is 5.54. The van der Waals surface area contributed by atoms with Crippen molar-refractivity contribution >= 4 is 10.0 Å². The van der Waals surface area contributed by atoms with E-state index in [0.717, 1.165) is 12.2 Å². The smallest absolute Gasteiger partial charge is 0.0959 e. The molecule has 70 valence electrons. The van der Waals surface area contributed by atoms with E-state index >= 15 is 0 Å². The van der Waals surface area contributed by atoms with E-state index in [1.165, 1.54) is 6.42 Å². The van der Waals surface area contributed by atoms with E-state index in [9.17, 15) is 0 Å². The van der Waals surface area contributed by atoms with Crippen molar-refractivity contribution in [2.24, 2.45) is 0 Å². The summed E-state index contributed by atoms with van der Waals surface area (Å²) in [6.45, 7) is 0. The molecule has 0 aromatic rings. The van der Waals surface area contributed by atoms with E-state index in [0.29, 0.717) is 0 Å². The van der Waals surface area contributed by atoms with Gasteiger partial charge in [-0.15, -0.1) is 0 Å². The van der Waals surface area contributed by atoms with Gasteiger partial charge in [-0.05, 0) is 36.2 Å². The zero-order valence-electron chi connectivity index (χ0n) is 8.39. The standard InChI is InChI=1S/C10H18OS/c1-11-9-5-7-10(8-6-9)12(2,3)4/h5,7H,6,8H2,1-4H3. The van der Waals surface area contributed by atoms with Gasteiger partial charge in [0.2, 0.25) is 0 Å². The molecule has 0 spiro atoms. The van der Waals surface area contributed by atoms with E-state index in [-0.39, 0.29) is 0 Å². The molecule has 0 saturated carbocycles. The van der Waals surface area contributed by atoms with Crippen molar-refractivity contribution in [3.8, 4) is 0 Å². The minimum absolute atomic E-state index is 0.497. The third-order valence-corrected chi connectivity index (χ3v) is 4.04. The predicted octanol–water partition coefficient (Wildman–Crippen LogP) is 2.89. The number of ether oxygens (including phenoxy) is 1. The monoisotopic (exact) mass is 186 g/mol. The first kappa shape index (κ1) is 9.72. The molecule has 0 aromatic heterocycles. The van der Waals surface area contributed by atoms with Crippen LogP contribution in [0, 0.1) is 0 Å². The van der Waals surface area contributed by atoms with Crippen LogP contribution in [0.5, 0.6) is 0 Å². The van der Waals surface area contributed by atoms with E-state index in [2.05, 4.69) is 30.9 Å². The Morgan fingerprint density at radius 1 is 1.17 bits per heavy atom. The van der Waals surface area contributed by atoms with Crippen LogP contribution in [0.1, 0.15) is 12.8 Å². The second-order valence-corrected chi connectivity index (χ2v) is 8.01. The number of methoxy groups -OCH3 is 1. The molecule has 0 N–H and O–H groups in total. The lowest BCUT2D eigenvalue weighted by molar-refractivity contribution is 0.276. The zero-order valence-corrected chi connectivity index (χ0v) is 9.20. The van der Waals surface area contributed by atoms with Crippen molar-refractivity contribution in [1.82, 2.24) is 0 Å². The maximum atomic E-state index is 5.18. The predicted molar refractivity (Wildman–Crippen MR) is 57.8 cm³/mol. The van der Waals surface area contributed by atoms with Crippen LogP contribution in [0.3, 0.4) is 0 Å². The zero-order chi connectivity index (χ0) is 9.19. The number of hydrogen-bond acceptors (Lipinski definition) is 1. The van der Waals surface area contributed by atoms with Gasteiger partial charge in [0.25, 0.3) is 0 Å². The lowest BCUT2D eigenvalue weighted by Crippen LogP contribution is -2.01. The van der Waals surface area contributed by atoms with Crippen molar-refractivity contribution in [1.29, 1.82) is 0 Å². The van der Waals surface area contributed by atoms with E-state index < -0.39 is 10.0 Å². The first-order valence-electron chi connectivity index (χ1n) is 4.16. The molecule has 0 radical (unpaired) electrons. The lowest BCUT2D eigenvalue weighted by atomic mass is 10.1. The highest BCUT2D eigenvalue weighted by Crippen LogP contribution is 2.48. The summed E-state index contributed by atoms with van der Waals surface area (Å²) in [4.78, 5) is 1.60. The summed E-state index contributed by atoms with van der Waals surface area (Å²) in [5, 5.41) is 0. The summed E-state index contributed by atoms with van der Waals surface area (Å²) in [5.74, 6) is 1.11. The van der Waals surface area contributed by atoms with Gasteiger partial charge in [0.15, 0.2) is 0 Å². The molecule has 0 aliphatic heterocycles. The van der Waals surface area contributed by atoms with Crippen molar-refractivity contribution < 1.29 is 4.74 Å². The quantitative estimate of drug-likeness (QED) is 0.644. The largest absolute Gasteiger partial charge is 0.501 e. The van der Waals surface area contributed by atoms with Crippen LogP contribution in [0.15, 0.2) is 22.8 Å². The Morgan fingerprint density at radius 2 is 1.83 bits per heavy atom. The normalized spacial score (nSPS) is 19.7. The van der Waals surface area contributed by atoms with E-state index in [4.69, 9.17) is 4.74 Å². The number of hydrogen-bond donors (Lipinski definition) is 0. The second kappa shape index (κ2) is 3.56. The number of allylic oxidation sites excluding steroid dienone is 4. The minimum atomic E-state index is -0.497. The van der Waals surface area contributed by atoms with Gasteiger partial charge in [0.1, 0.15) is 0 Å². The SMILES string of the molecule is COC1=CC=C(S(C)(C)C)CC1. The fraction of sp³-hybridized carbons (Fsp3) is 0.600. The van der Waals surface area contributed by atoms with Crippen LogP contribution < -0.4 is 0 Å². The molecule has 0 heterocycles. The Kier molecular flexibility index (Phi) is 2.89. The molecule has 1 aliphatic carbocycles. The Bertz CT molecular complexity index is 220. The van der Waals surface area contributed by atoms with Crippen molar-refractivity contribution in [3.05, 3.63) is 22.8 Å². The van der Waals surface area contributed by atoms with Gasteiger partial charge in [-0.3, -0.25) is 0 Å². The van der Waals surface area contributed by atoms with Crippen LogP contribution in [0.2, 0.25) is 0 Å². The highest BCUT2D eigenvalue weighted by molar-refractivity contribution is 8.35. The number of rotatable bonds is 2. The fourth-order valence-corrected chi connectivity index (χ4v) is 2.47. The molecular weight excluding hydrogens is 168 g/mol. The molecule has 2 heteroatoms. The third-order valence-electron chi connectivity index (χ3n) is 2.12. The summed E-state index contributed by atoms with van der Waals surface area (Å²) in [5.41, 5.74) is 0. The van der Waals surface area contributed by atoms with Crippen LogP contribution in [0.25, 0.3) is 0 Å². The summed E-state index contributed by atoms with van der Waals surface area (Å²) in [6.07, 6.45) is 13.6. The Morgan fingerprint density at radius 3 is 2.17 bits per heavy atom. The average molecular weight is 186 g/mol. The molecule has 0 saturated heterocycles. The van der Waals surface area contributed by atoms with Crippen molar-refractivity contribution in [2.45, 2.75) is 12.8 Å². The molecule has 0 unspecified atom stereocenters. The molecule has 12 heavy (non-hydrogen) atoms. The van der Waals surface area contributed by atoms with Gasteiger partial charge in [-0.25, -0.2) is 10.0 Å². The van der Waals surface area contributed by atoms with Crippen molar-refractivity contribution in [2.75, 3.05) is 25.9 Å². The molecule has 0 bridgehead atoms. The summed E-state index contributed by atoms with van der Waals surface area (Å²) in [7, 11) is 1.25. The summed E-state index contributed by atoms with van der Waals surface area (Å²) in [6, 6.07) is 0. The van der Waals surface area contributed by atoms with Gasteiger partial charge in [0.05, 0.1) is 12.9 Å². The van der Waals surface area contributed by atoms with Gasteiger partial charge in [-0.2, -0.15) is 0 Å². The van der Waals surface area contributed by atoms with E-state index in [1.807, 2.05) is 0 Å². The molecule has 1 aliphatic rings. The van der Waals surface area contributed by atoms with Gasteiger partial charge in [-0.1, -0.05) is 6.08 Å². The third kappa shape index (κ3) is 2.31. The van der Waals surface area contributed by atoms with Crippen LogP contribution in [-0.2, 0) is 4.74 Å². The fourth-order valence-electron chi connectivity index (χ4n) is 1.28. The Hall–Kier alpha value is -0.370. The maximum absolute atomic E-state index is 5.18. The van der Waals surface area contributed by atoms with Crippen molar-refractivity contribution in [3.63, 3.8) is 0 Å². The van der Waals surface area contributed by atoms with Gasteiger partial charge < -0.3 is 4.74 Å². The second-order valence-electron chi connectivity index (χ2n) is 3.81. The molecule has 0 aromatic carbocycles. The van der Waals surface area contributed by atoms with E-state index in [1.54, 1.807) is 12.0 Å². The van der Waals surface area contributed by atoms with Crippen LogP contribution in [-0.4, -0.2) is 25.9 Å². The minimum Gasteiger partial charge on any atom is -0.501 e. The highest BCUT2D eigenvalue weighted by atomic mass is 32.3. The summed E-state index contributed by atoms with van der Waals surface area (Å²) < 4.78 is 5.18. The summed E-state index contributed by atoms with van der Waals surface area (Å²) >= 11 is 0. The first-order valence-corrected chi connectivity index (χ1v) is 7.02. The lowest BCUT2D eigenvalue weighted by Gasteiger charge is -2.30. The van der Waals surface area contributed by atoms with Crippen LogP contribution in [0.4, 0.5) is 0 Å². The topological polar surface area (TPSA) is 9.23 Å². The Labute approximate surface area is 76.8 Å². The Balaban J connectivity index is 2.73. The molecule has 0 atom stereocenters.